The van der Waals surface area contributed by atoms with Gasteiger partial charge < -0.3 is 5.11 Å². The van der Waals surface area contributed by atoms with E-state index in [1.54, 1.807) is 0 Å². The minimum absolute atomic E-state index is 0.0125. The Morgan fingerprint density at radius 3 is 2.33 bits per heavy atom. The molecule has 0 aliphatic heterocycles. The SMILES string of the molecule is CCc1ccc(C(=O)C2(CO)CC2)cc1. The van der Waals surface area contributed by atoms with Crippen LogP contribution in [0.1, 0.15) is 35.7 Å². The van der Waals surface area contributed by atoms with Crippen LogP contribution in [0.4, 0.5) is 0 Å². The lowest BCUT2D eigenvalue weighted by atomic mass is 9.95. The van der Waals surface area contributed by atoms with Gasteiger partial charge >= 0.3 is 0 Å². The van der Waals surface area contributed by atoms with Crippen LogP contribution in [0.2, 0.25) is 0 Å². The molecule has 0 amide bonds. The maximum absolute atomic E-state index is 12.0. The molecule has 2 rings (SSSR count). The highest BCUT2D eigenvalue weighted by molar-refractivity contribution is 6.02. The van der Waals surface area contributed by atoms with E-state index < -0.39 is 5.41 Å². The largest absolute Gasteiger partial charge is 0.395 e. The van der Waals surface area contributed by atoms with E-state index in [0.29, 0.717) is 0 Å². The summed E-state index contributed by atoms with van der Waals surface area (Å²) in [6, 6.07) is 7.72. The normalized spacial score (nSPS) is 17.5. The molecule has 1 N–H and O–H groups in total. The fourth-order valence-electron chi connectivity index (χ4n) is 1.81. The summed E-state index contributed by atoms with van der Waals surface area (Å²) in [5.74, 6) is 0.104. The van der Waals surface area contributed by atoms with Gasteiger partial charge in [0, 0.05) is 5.56 Å². The third-order valence-electron chi connectivity index (χ3n) is 3.26. The molecular formula is C13H16O2. The minimum atomic E-state index is -0.437. The van der Waals surface area contributed by atoms with Gasteiger partial charge in [-0.15, -0.1) is 0 Å². The first-order valence-corrected chi connectivity index (χ1v) is 5.46. The van der Waals surface area contributed by atoms with E-state index in [-0.39, 0.29) is 12.4 Å². The van der Waals surface area contributed by atoms with Gasteiger partial charge in [-0.2, -0.15) is 0 Å². The predicted octanol–water partition coefficient (Wildman–Crippen LogP) is 2.20. The van der Waals surface area contributed by atoms with E-state index in [1.165, 1.54) is 5.56 Å². The number of hydrogen-bond donors (Lipinski definition) is 1. The Morgan fingerprint density at radius 1 is 1.33 bits per heavy atom. The van der Waals surface area contributed by atoms with Crippen molar-refractivity contribution in [1.29, 1.82) is 0 Å². The van der Waals surface area contributed by atoms with Gasteiger partial charge in [-0.3, -0.25) is 4.79 Å². The fraction of sp³-hybridized carbons (Fsp3) is 0.462. The molecular weight excluding hydrogens is 188 g/mol. The molecule has 0 unspecified atom stereocenters. The zero-order valence-electron chi connectivity index (χ0n) is 8.99. The summed E-state index contributed by atoms with van der Waals surface area (Å²) in [7, 11) is 0. The number of rotatable bonds is 4. The summed E-state index contributed by atoms with van der Waals surface area (Å²) in [6.45, 7) is 2.08. The Bertz CT molecular complexity index is 361. The fourth-order valence-corrected chi connectivity index (χ4v) is 1.81. The molecule has 15 heavy (non-hydrogen) atoms. The van der Waals surface area contributed by atoms with Gasteiger partial charge in [0.1, 0.15) is 0 Å². The topological polar surface area (TPSA) is 37.3 Å². The third-order valence-corrected chi connectivity index (χ3v) is 3.26. The highest BCUT2D eigenvalue weighted by atomic mass is 16.3. The van der Waals surface area contributed by atoms with Crippen LogP contribution in [0, 0.1) is 5.41 Å². The maximum atomic E-state index is 12.0. The second-order valence-corrected chi connectivity index (χ2v) is 4.32. The molecule has 2 nitrogen and oxygen atoms in total. The molecule has 1 aliphatic carbocycles. The average molecular weight is 204 g/mol. The van der Waals surface area contributed by atoms with E-state index in [2.05, 4.69) is 6.92 Å². The molecule has 0 bridgehead atoms. The van der Waals surface area contributed by atoms with Crippen LogP contribution in [0.3, 0.4) is 0 Å². The zero-order chi connectivity index (χ0) is 10.9. The van der Waals surface area contributed by atoms with Crippen molar-refractivity contribution in [2.75, 3.05) is 6.61 Å². The Labute approximate surface area is 89.9 Å². The number of aliphatic hydroxyl groups excluding tert-OH is 1. The van der Waals surface area contributed by atoms with Gasteiger partial charge in [-0.05, 0) is 24.8 Å². The predicted molar refractivity (Wildman–Crippen MR) is 58.9 cm³/mol. The summed E-state index contributed by atoms with van der Waals surface area (Å²) in [6.07, 6.45) is 2.65. The lowest BCUT2D eigenvalue weighted by Gasteiger charge is -2.10. The molecule has 80 valence electrons. The molecule has 0 spiro atoms. The van der Waals surface area contributed by atoms with Gasteiger partial charge in [0.2, 0.25) is 0 Å². The summed E-state index contributed by atoms with van der Waals surface area (Å²) in [5.41, 5.74) is 1.53. The molecule has 2 heteroatoms. The zero-order valence-corrected chi connectivity index (χ0v) is 8.99. The number of hydrogen-bond acceptors (Lipinski definition) is 2. The summed E-state index contributed by atoms with van der Waals surface area (Å²) < 4.78 is 0. The van der Waals surface area contributed by atoms with Crippen LogP contribution in [-0.2, 0) is 6.42 Å². The van der Waals surface area contributed by atoms with Gasteiger partial charge in [0.05, 0.1) is 12.0 Å². The van der Waals surface area contributed by atoms with Crippen molar-refractivity contribution in [2.45, 2.75) is 26.2 Å². The first kappa shape index (κ1) is 10.4. The van der Waals surface area contributed by atoms with Crippen LogP contribution in [0.25, 0.3) is 0 Å². The number of Topliss-reactive ketones (excluding diaryl/α,β-unsaturated/α-hetero) is 1. The second-order valence-electron chi connectivity index (χ2n) is 4.32. The van der Waals surface area contributed by atoms with Crippen LogP contribution in [0.15, 0.2) is 24.3 Å². The highest BCUT2D eigenvalue weighted by Gasteiger charge is 2.49. The molecule has 0 atom stereocenters. The summed E-state index contributed by atoms with van der Waals surface area (Å²) in [5, 5.41) is 9.17. The van der Waals surface area contributed by atoms with Crippen LogP contribution < -0.4 is 0 Å². The minimum Gasteiger partial charge on any atom is -0.395 e. The number of ketones is 1. The smallest absolute Gasteiger partial charge is 0.171 e. The van der Waals surface area contributed by atoms with Crippen molar-refractivity contribution in [3.05, 3.63) is 35.4 Å². The lowest BCUT2D eigenvalue weighted by molar-refractivity contribution is 0.0829. The van der Waals surface area contributed by atoms with Gasteiger partial charge in [0.25, 0.3) is 0 Å². The Balaban J connectivity index is 2.19. The number of aryl methyl sites for hydroxylation is 1. The molecule has 0 aromatic heterocycles. The second kappa shape index (κ2) is 3.78. The van der Waals surface area contributed by atoms with Crippen molar-refractivity contribution < 1.29 is 9.90 Å². The molecule has 0 radical (unpaired) electrons. The van der Waals surface area contributed by atoms with Crippen molar-refractivity contribution in [3.8, 4) is 0 Å². The van der Waals surface area contributed by atoms with E-state index in [4.69, 9.17) is 5.11 Å². The van der Waals surface area contributed by atoms with E-state index in [1.807, 2.05) is 24.3 Å². The first-order valence-electron chi connectivity index (χ1n) is 5.46. The molecule has 0 heterocycles. The van der Waals surface area contributed by atoms with Crippen molar-refractivity contribution in [2.24, 2.45) is 5.41 Å². The summed E-state index contributed by atoms with van der Waals surface area (Å²) in [4.78, 5) is 12.0. The number of carbonyl (C=O) groups excluding carboxylic acids is 1. The van der Waals surface area contributed by atoms with Crippen molar-refractivity contribution >= 4 is 5.78 Å². The van der Waals surface area contributed by atoms with Gasteiger partial charge in [-0.1, -0.05) is 31.2 Å². The maximum Gasteiger partial charge on any atom is 0.171 e. The highest BCUT2D eigenvalue weighted by Crippen LogP contribution is 2.47. The molecule has 1 aliphatic rings. The quantitative estimate of drug-likeness (QED) is 0.763. The number of carbonyl (C=O) groups is 1. The molecule has 1 aromatic carbocycles. The first-order chi connectivity index (χ1) is 7.22. The number of aliphatic hydroxyl groups is 1. The van der Waals surface area contributed by atoms with Gasteiger partial charge in [-0.25, -0.2) is 0 Å². The standard InChI is InChI=1S/C13H16O2/c1-2-10-3-5-11(6-4-10)12(15)13(9-14)7-8-13/h3-6,14H,2,7-9H2,1H3. The van der Waals surface area contributed by atoms with E-state index >= 15 is 0 Å². The van der Waals surface area contributed by atoms with Gasteiger partial charge in [0.15, 0.2) is 5.78 Å². The third kappa shape index (κ3) is 1.82. The Hall–Kier alpha value is -1.15. The van der Waals surface area contributed by atoms with Crippen LogP contribution in [-0.4, -0.2) is 17.5 Å². The molecule has 1 fully saturated rings. The number of benzene rings is 1. The van der Waals surface area contributed by atoms with Crippen molar-refractivity contribution in [3.63, 3.8) is 0 Å². The van der Waals surface area contributed by atoms with E-state index in [9.17, 15) is 4.79 Å². The van der Waals surface area contributed by atoms with E-state index in [0.717, 1.165) is 24.8 Å². The van der Waals surface area contributed by atoms with Crippen LogP contribution in [0.5, 0.6) is 0 Å². The molecule has 1 aromatic rings. The molecule has 1 saturated carbocycles. The molecule has 0 saturated heterocycles. The summed E-state index contributed by atoms with van der Waals surface area (Å²) >= 11 is 0. The Morgan fingerprint density at radius 2 is 1.93 bits per heavy atom. The van der Waals surface area contributed by atoms with Crippen LogP contribution >= 0.6 is 0 Å². The average Bonchev–Trinajstić information content (AvgIpc) is 3.09. The monoisotopic (exact) mass is 204 g/mol. The van der Waals surface area contributed by atoms with Crippen molar-refractivity contribution in [1.82, 2.24) is 0 Å². The Kier molecular flexibility index (Phi) is 2.61. The lowest BCUT2D eigenvalue weighted by Crippen LogP contribution is -2.19.